The highest BCUT2D eigenvalue weighted by Crippen LogP contribution is 2.30. The average molecular weight is 280 g/mol. The molecule has 0 atom stereocenters. The normalized spacial score (nSPS) is 17.1. The second-order valence-electron chi connectivity index (χ2n) is 4.91. The maximum Gasteiger partial charge on any atom is 0.317 e. The molecule has 1 aliphatic rings. The van der Waals surface area contributed by atoms with Crippen LogP contribution in [-0.4, -0.2) is 65.8 Å². The van der Waals surface area contributed by atoms with E-state index in [1.807, 2.05) is 17.0 Å². The number of aliphatic carboxylic acids is 1. The highest BCUT2D eigenvalue weighted by molar-refractivity contribution is 5.69. The van der Waals surface area contributed by atoms with E-state index in [1.54, 1.807) is 6.07 Å². The summed E-state index contributed by atoms with van der Waals surface area (Å²) in [6.45, 7) is 3.80. The van der Waals surface area contributed by atoms with Crippen molar-refractivity contribution in [2.45, 2.75) is 6.54 Å². The van der Waals surface area contributed by atoms with Crippen LogP contribution in [0.4, 0.5) is 0 Å². The Hall–Kier alpha value is -1.79. The van der Waals surface area contributed by atoms with Crippen molar-refractivity contribution in [1.29, 1.82) is 0 Å². The molecule has 0 saturated carbocycles. The van der Waals surface area contributed by atoms with E-state index < -0.39 is 5.97 Å². The Balaban J connectivity index is 1.91. The van der Waals surface area contributed by atoms with Gasteiger partial charge in [0.25, 0.3) is 0 Å². The lowest BCUT2D eigenvalue weighted by atomic mass is 10.1. The Morgan fingerprint density at radius 3 is 2.50 bits per heavy atom. The summed E-state index contributed by atoms with van der Waals surface area (Å²) < 4.78 is 5.09. The third kappa shape index (κ3) is 3.61. The second kappa shape index (κ2) is 6.58. The fourth-order valence-corrected chi connectivity index (χ4v) is 2.40. The first-order valence-electron chi connectivity index (χ1n) is 6.61. The van der Waals surface area contributed by atoms with Crippen LogP contribution in [0.5, 0.6) is 11.5 Å². The van der Waals surface area contributed by atoms with E-state index in [4.69, 9.17) is 9.84 Å². The molecule has 1 fully saturated rings. The minimum atomic E-state index is -0.788. The van der Waals surface area contributed by atoms with Gasteiger partial charge >= 0.3 is 5.97 Å². The quantitative estimate of drug-likeness (QED) is 0.823. The summed E-state index contributed by atoms with van der Waals surface area (Å²) >= 11 is 0. The van der Waals surface area contributed by atoms with E-state index in [0.717, 1.165) is 31.7 Å². The summed E-state index contributed by atoms with van der Waals surface area (Å²) in [5.74, 6) is -0.126. The number of hydrogen-bond donors (Lipinski definition) is 2. The second-order valence-corrected chi connectivity index (χ2v) is 4.91. The van der Waals surface area contributed by atoms with Crippen molar-refractivity contribution in [2.24, 2.45) is 0 Å². The van der Waals surface area contributed by atoms with Crippen molar-refractivity contribution in [3.63, 3.8) is 0 Å². The highest BCUT2D eigenvalue weighted by Gasteiger charge is 2.20. The molecule has 0 unspecified atom stereocenters. The van der Waals surface area contributed by atoms with Gasteiger partial charge in [0, 0.05) is 38.3 Å². The lowest BCUT2D eigenvalue weighted by Crippen LogP contribution is -2.47. The van der Waals surface area contributed by atoms with Crippen LogP contribution < -0.4 is 4.74 Å². The topological polar surface area (TPSA) is 73.2 Å². The summed E-state index contributed by atoms with van der Waals surface area (Å²) in [6.07, 6.45) is 0. The fraction of sp³-hybridized carbons (Fsp3) is 0.500. The maximum atomic E-state index is 10.7. The number of nitrogens with zero attached hydrogens (tertiary/aromatic N) is 2. The zero-order valence-electron chi connectivity index (χ0n) is 11.6. The molecule has 1 heterocycles. The van der Waals surface area contributed by atoms with Gasteiger partial charge in [-0.05, 0) is 6.07 Å². The molecule has 1 saturated heterocycles. The molecule has 0 radical (unpaired) electrons. The van der Waals surface area contributed by atoms with Gasteiger partial charge in [-0.3, -0.25) is 14.6 Å². The Labute approximate surface area is 118 Å². The monoisotopic (exact) mass is 280 g/mol. The Morgan fingerprint density at radius 1 is 1.25 bits per heavy atom. The molecule has 1 aromatic carbocycles. The Morgan fingerprint density at radius 2 is 1.90 bits per heavy atom. The van der Waals surface area contributed by atoms with Crippen LogP contribution in [0, 0.1) is 0 Å². The number of carboxylic acids is 1. The summed E-state index contributed by atoms with van der Waals surface area (Å²) in [6, 6.07) is 5.46. The van der Waals surface area contributed by atoms with E-state index in [9.17, 15) is 9.90 Å². The van der Waals surface area contributed by atoms with Gasteiger partial charge in [-0.15, -0.1) is 0 Å². The molecule has 1 aliphatic heterocycles. The van der Waals surface area contributed by atoms with Crippen molar-refractivity contribution in [3.8, 4) is 11.5 Å². The third-order valence-corrected chi connectivity index (χ3v) is 3.52. The smallest absolute Gasteiger partial charge is 0.317 e. The van der Waals surface area contributed by atoms with Gasteiger partial charge in [0.05, 0.1) is 13.7 Å². The van der Waals surface area contributed by atoms with Crippen molar-refractivity contribution < 1.29 is 19.7 Å². The number of phenols is 1. The number of piperazine rings is 1. The fourth-order valence-electron chi connectivity index (χ4n) is 2.40. The van der Waals surface area contributed by atoms with Crippen molar-refractivity contribution >= 4 is 5.97 Å². The molecular formula is C14H20N2O4. The predicted octanol–water partition coefficient (Wildman–Crippen LogP) is 0.603. The number of hydrogen-bond acceptors (Lipinski definition) is 5. The molecule has 6 nitrogen and oxygen atoms in total. The van der Waals surface area contributed by atoms with Gasteiger partial charge in [-0.25, -0.2) is 0 Å². The first-order chi connectivity index (χ1) is 9.60. The zero-order chi connectivity index (χ0) is 14.5. The molecule has 2 rings (SSSR count). The van der Waals surface area contributed by atoms with Gasteiger partial charge in [-0.1, -0.05) is 12.1 Å². The molecule has 0 aliphatic carbocycles. The van der Waals surface area contributed by atoms with Gasteiger partial charge < -0.3 is 14.9 Å². The van der Waals surface area contributed by atoms with Crippen LogP contribution in [0.2, 0.25) is 0 Å². The summed E-state index contributed by atoms with van der Waals surface area (Å²) in [4.78, 5) is 14.8. The van der Waals surface area contributed by atoms with Crippen molar-refractivity contribution in [2.75, 3.05) is 39.8 Å². The molecule has 20 heavy (non-hydrogen) atoms. The number of carbonyl (C=O) groups is 1. The number of para-hydroxylation sites is 1. The molecule has 6 heteroatoms. The molecule has 0 amide bonds. The molecule has 0 aromatic heterocycles. The SMILES string of the molecule is COc1cccc(CN2CCN(CC(=O)O)CC2)c1O. The number of ether oxygens (including phenoxy) is 1. The molecule has 2 N–H and O–H groups in total. The van der Waals surface area contributed by atoms with E-state index in [1.165, 1.54) is 7.11 Å². The highest BCUT2D eigenvalue weighted by atomic mass is 16.5. The number of phenolic OH excluding ortho intramolecular Hbond substituents is 1. The lowest BCUT2D eigenvalue weighted by molar-refractivity contribution is -0.138. The Kier molecular flexibility index (Phi) is 4.81. The molecule has 0 bridgehead atoms. The van der Waals surface area contributed by atoms with E-state index in [-0.39, 0.29) is 12.3 Å². The van der Waals surface area contributed by atoms with E-state index in [0.29, 0.717) is 12.3 Å². The molecular weight excluding hydrogens is 260 g/mol. The van der Waals surface area contributed by atoms with Crippen LogP contribution in [0.3, 0.4) is 0 Å². The van der Waals surface area contributed by atoms with Crippen molar-refractivity contribution in [3.05, 3.63) is 23.8 Å². The van der Waals surface area contributed by atoms with Crippen molar-refractivity contribution in [1.82, 2.24) is 9.80 Å². The molecule has 110 valence electrons. The minimum absolute atomic E-state index is 0.0955. The van der Waals surface area contributed by atoms with Gasteiger partial charge in [0.1, 0.15) is 0 Å². The van der Waals surface area contributed by atoms with Gasteiger partial charge in [0.15, 0.2) is 11.5 Å². The van der Waals surface area contributed by atoms with Crippen LogP contribution in [0.1, 0.15) is 5.56 Å². The van der Waals surface area contributed by atoms with Crippen LogP contribution >= 0.6 is 0 Å². The number of rotatable bonds is 5. The number of aromatic hydroxyl groups is 1. The Bertz CT molecular complexity index is 470. The molecule has 0 spiro atoms. The van der Waals surface area contributed by atoms with Crippen LogP contribution in [0.25, 0.3) is 0 Å². The summed E-state index contributed by atoms with van der Waals surface area (Å²) in [7, 11) is 1.53. The number of carboxylic acid groups (broad SMARTS) is 1. The largest absolute Gasteiger partial charge is 0.504 e. The lowest BCUT2D eigenvalue weighted by Gasteiger charge is -2.33. The van der Waals surface area contributed by atoms with Crippen LogP contribution in [0.15, 0.2) is 18.2 Å². The number of benzene rings is 1. The third-order valence-electron chi connectivity index (χ3n) is 3.52. The summed E-state index contributed by atoms with van der Waals surface area (Å²) in [5, 5.41) is 18.8. The predicted molar refractivity (Wildman–Crippen MR) is 74.0 cm³/mol. The van der Waals surface area contributed by atoms with Gasteiger partial charge in [0.2, 0.25) is 0 Å². The minimum Gasteiger partial charge on any atom is -0.504 e. The maximum absolute atomic E-state index is 10.7. The number of methoxy groups -OCH3 is 1. The molecule has 1 aromatic rings. The standard InChI is InChI=1S/C14H20N2O4/c1-20-12-4-2-3-11(14(12)19)9-15-5-7-16(8-6-15)10-13(17)18/h2-4,19H,5-10H2,1H3,(H,17,18). The average Bonchev–Trinajstić information content (AvgIpc) is 2.43. The summed E-state index contributed by atoms with van der Waals surface area (Å²) in [5.41, 5.74) is 0.830. The van der Waals surface area contributed by atoms with E-state index in [2.05, 4.69) is 4.90 Å². The zero-order valence-corrected chi connectivity index (χ0v) is 11.6. The van der Waals surface area contributed by atoms with E-state index >= 15 is 0 Å². The first kappa shape index (κ1) is 14.6. The van der Waals surface area contributed by atoms with Gasteiger partial charge in [-0.2, -0.15) is 0 Å². The first-order valence-corrected chi connectivity index (χ1v) is 6.61. The van der Waals surface area contributed by atoms with Crippen LogP contribution in [-0.2, 0) is 11.3 Å².